The fourth-order valence-electron chi connectivity index (χ4n) is 3.16. The number of rotatable bonds is 4. The maximum Gasteiger partial charge on any atom is 0.0486 e. The molecule has 3 aromatic rings. The molecule has 0 unspecified atom stereocenters. The molecule has 1 heterocycles. The minimum atomic E-state index is 1.03. The fourth-order valence-corrected chi connectivity index (χ4v) is 3.16. The highest BCUT2D eigenvalue weighted by atomic mass is 14.9. The summed E-state index contributed by atoms with van der Waals surface area (Å²) in [5, 5.41) is 1.29. The monoisotopic (exact) mass is 328 g/mol. The van der Waals surface area contributed by atoms with Gasteiger partial charge in [-0.2, -0.15) is 0 Å². The number of aliphatic imine (C=N–C) groups is 1. The van der Waals surface area contributed by atoms with Crippen LogP contribution in [0.2, 0.25) is 0 Å². The number of para-hydroxylation sites is 1. The highest BCUT2D eigenvalue weighted by Crippen LogP contribution is 2.26. The Balaban J connectivity index is 2.04. The van der Waals surface area contributed by atoms with Crippen LogP contribution < -0.4 is 0 Å². The summed E-state index contributed by atoms with van der Waals surface area (Å²) in [6, 6.07) is 18.9. The molecule has 0 bridgehead atoms. The normalized spacial score (nSPS) is 13.1. The Bertz CT molecular complexity index is 970. The summed E-state index contributed by atoms with van der Waals surface area (Å²) in [5.74, 6) is 0. The van der Waals surface area contributed by atoms with Crippen molar-refractivity contribution in [3.8, 4) is 0 Å². The summed E-state index contributed by atoms with van der Waals surface area (Å²) in [7, 11) is 3.96. The molecule has 0 spiro atoms. The van der Waals surface area contributed by atoms with Crippen LogP contribution in [0, 0.1) is 6.92 Å². The van der Waals surface area contributed by atoms with Gasteiger partial charge in [0.15, 0.2) is 0 Å². The van der Waals surface area contributed by atoms with E-state index in [4.69, 9.17) is 0 Å². The molecule has 1 aromatic heterocycles. The van der Waals surface area contributed by atoms with E-state index in [9.17, 15) is 0 Å². The van der Waals surface area contributed by atoms with Crippen molar-refractivity contribution in [3.63, 3.8) is 0 Å². The van der Waals surface area contributed by atoms with E-state index < -0.39 is 0 Å². The van der Waals surface area contributed by atoms with Crippen molar-refractivity contribution in [3.05, 3.63) is 83.6 Å². The van der Waals surface area contributed by atoms with Crippen LogP contribution in [0.3, 0.4) is 0 Å². The summed E-state index contributed by atoms with van der Waals surface area (Å²) in [4.78, 5) is 4.37. The predicted octanol–water partition coefficient (Wildman–Crippen LogP) is 5.67. The topological polar surface area (TPSA) is 17.3 Å². The van der Waals surface area contributed by atoms with Crippen LogP contribution in [0.15, 0.2) is 71.7 Å². The molecule has 2 nitrogen and oxygen atoms in total. The zero-order valence-corrected chi connectivity index (χ0v) is 15.3. The van der Waals surface area contributed by atoms with Crippen LogP contribution in [0.25, 0.3) is 22.6 Å². The van der Waals surface area contributed by atoms with Crippen LogP contribution in [0.1, 0.15) is 23.7 Å². The molecule has 0 saturated heterocycles. The first kappa shape index (κ1) is 17.0. The summed E-state index contributed by atoms with van der Waals surface area (Å²) >= 11 is 0. The van der Waals surface area contributed by atoms with Gasteiger partial charge in [-0.05, 0) is 25.5 Å². The molecule has 2 aromatic carbocycles. The number of aromatic nitrogens is 1. The Hall–Kier alpha value is -2.87. The molecule has 0 fully saturated rings. The summed E-state index contributed by atoms with van der Waals surface area (Å²) in [6.07, 6.45) is 6.48. The molecule has 126 valence electrons. The van der Waals surface area contributed by atoms with Crippen LogP contribution in [0.5, 0.6) is 0 Å². The number of nitrogens with zero attached hydrogens (tertiary/aromatic N) is 2. The molecule has 0 saturated carbocycles. The lowest BCUT2D eigenvalue weighted by molar-refractivity contribution is 0.916. The number of benzene rings is 2. The Morgan fingerprint density at radius 1 is 1.00 bits per heavy atom. The largest absolute Gasteiger partial charge is 0.347 e. The first-order valence-corrected chi connectivity index (χ1v) is 8.55. The lowest BCUT2D eigenvalue weighted by Crippen LogP contribution is -1.96. The first-order valence-electron chi connectivity index (χ1n) is 8.55. The van der Waals surface area contributed by atoms with Crippen LogP contribution in [-0.2, 0) is 7.05 Å². The second kappa shape index (κ2) is 7.35. The van der Waals surface area contributed by atoms with Gasteiger partial charge in [-0.15, -0.1) is 0 Å². The molecule has 2 heteroatoms. The van der Waals surface area contributed by atoms with Gasteiger partial charge >= 0.3 is 0 Å². The van der Waals surface area contributed by atoms with Crippen molar-refractivity contribution in [2.75, 3.05) is 7.05 Å². The van der Waals surface area contributed by atoms with Crippen molar-refractivity contribution in [1.29, 1.82) is 0 Å². The number of hydrogen-bond donors (Lipinski definition) is 0. The van der Waals surface area contributed by atoms with E-state index in [0.29, 0.717) is 0 Å². The second-order valence-electron chi connectivity index (χ2n) is 6.19. The van der Waals surface area contributed by atoms with Gasteiger partial charge in [0.2, 0.25) is 0 Å². The molecular formula is C23H24N2. The van der Waals surface area contributed by atoms with E-state index in [2.05, 4.69) is 97.2 Å². The average molecular weight is 328 g/mol. The van der Waals surface area contributed by atoms with E-state index in [1.807, 2.05) is 13.1 Å². The maximum atomic E-state index is 4.37. The zero-order chi connectivity index (χ0) is 17.8. The maximum absolute atomic E-state index is 4.37. The molecule has 0 radical (unpaired) electrons. The van der Waals surface area contributed by atoms with Gasteiger partial charge in [0.25, 0.3) is 0 Å². The van der Waals surface area contributed by atoms with E-state index in [1.54, 1.807) is 0 Å². The number of fused-ring (bicyclic) bond motifs is 1. The van der Waals surface area contributed by atoms with Gasteiger partial charge in [-0.1, -0.05) is 66.8 Å². The zero-order valence-electron chi connectivity index (χ0n) is 15.3. The Labute approximate surface area is 149 Å². The molecule has 0 N–H and O–H groups in total. The lowest BCUT2D eigenvalue weighted by atomic mass is 10.0. The van der Waals surface area contributed by atoms with Gasteiger partial charge in [-0.3, -0.25) is 4.99 Å². The van der Waals surface area contributed by atoms with Gasteiger partial charge in [0.1, 0.15) is 0 Å². The number of aryl methyl sites for hydroxylation is 1. The van der Waals surface area contributed by atoms with Gasteiger partial charge in [0.05, 0.1) is 0 Å². The average Bonchev–Trinajstić information content (AvgIpc) is 2.90. The first-order chi connectivity index (χ1) is 12.1. The molecule has 0 aliphatic carbocycles. The Kier molecular flexibility index (Phi) is 4.99. The van der Waals surface area contributed by atoms with E-state index in [0.717, 1.165) is 11.3 Å². The van der Waals surface area contributed by atoms with Crippen molar-refractivity contribution >= 4 is 28.3 Å². The highest BCUT2D eigenvalue weighted by Gasteiger charge is 2.08. The van der Waals surface area contributed by atoms with Crippen LogP contribution in [-0.4, -0.2) is 17.3 Å². The van der Waals surface area contributed by atoms with Crippen LogP contribution in [0.4, 0.5) is 0 Å². The van der Waals surface area contributed by atoms with E-state index >= 15 is 0 Å². The predicted molar refractivity (Wildman–Crippen MR) is 110 cm³/mol. The molecule has 25 heavy (non-hydrogen) atoms. The second-order valence-corrected chi connectivity index (χ2v) is 6.19. The minimum absolute atomic E-state index is 1.03. The highest BCUT2D eigenvalue weighted by molar-refractivity contribution is 6.23. The van der Waals surface area contributed by atoms with Gasteiger partial charge in [0, 0.05) is 47.5 Å². The third-order valence-electron chi connectivity index (χ3n) is 4.78. The molecular weight excluding hydrogens is 304 g/mol. The van der Waals surface area contributed by atoms with Gasteiger partial charge < -0.3 is 4.57 Å². The van der Waals surface area contributed by atoms with E-state index in [1.165, 1.54) is 27.7 Å². The van der Waals surface area contributed by atoms with Crippen molar-refractivity contribution < 1.29 is 0 Å². The molecule has 3 rings (SSSR count). The SMILES string of the molecule is CN=C(C)/C(=C\C=C\c1c(C)n(C)c2ccccc12)c1ccccc1. The fraction of sp³-hybridized carbons (Fsp3) is 0.174. The molecule has 0 atom stereocenters. The molecule has 0 amide bonds. The third kappa shape index (κ3) is 3.34. The van der Waals surface area contributed by atoms with Crippen molar-refractivity contribution in [1.82, 2.24) is 4.57 Å². The van der Waals surface area contributed by atoms with E-state index in [-0.39, 0.29) is 0 Å². The summed E-state index contributed by atoms with van der Waals surface area (Å²) in [6.45, 7) is 4.22. The smallest absolute Gasteiger partial charge is 0.0486 e. The van der Waals surface area contributed by atoms with Crippen molar-refractivity contribution in [2.24, 2.45) is 12.0 Å². The number of allylic oxidation sites excluding steroid dienone is 3. The lowest BCUT2D eigenvalue weighted by Gasteiger charge is -2.06. The molecule has 0 aliphatic heterocycles. The molecule has 0 aliphatic rings. The summed E-state index contributed by atoms with van der Waals surface area (Å²) < 4.78 is 2.25. The van der Waals surface area contributed by atoms with Crippen LogP contribution >= 0.6 is 0 Å². The van der Waals surface area contributed by atoms with Crippen molar-refractivity contribution in [2.45, 2.75) is 13.8 Å². The quantitative estimate of drug-likeness (QED) is 0.433. The Morgan fingerprint density at radius 2 is 1.68 bits per heavy atom. The number of hydrogen-bond acceptors (Lipinski definition) is 1. The summed E-state index contributed by atoms with van der Waals surface area (Å²) in [5.41, 5.74) is 7.17. The Morgan fingerprint density at radius 3 is 2.40 bits per heavy atom. The van der Waals surface area contributed by atoms with Gasteiger partial charge in [-0.25, -0.2) is 0 Å². The third-order valence-corrected chi connectivity index (χ3v) is 4.78. The minimum Gasteiger partial charge on any atom is -0.347 e. The standard InChI is InChI=1S/C23H24N2/c1-17(24-3)20(19-11-6-5-7-12-19)14-10-15-21-18(2)25(4)23-16-9-8-13-22(21)23/h5-16H,1-4H3/b15-10+,20-14+,24-17?.